The number of aromatic nitrogens is 1. The summed E-state index contributed by atoms with van der Waals surface area (Å²) < 4.78 is 0. The van der Waals surface area contributed by atoms with E-state index in [4.69, 9.17) is 0 Å². The van der Waals surface area contributed by atoms with Crippen LogP contribution >= 0.6 is 11.8 Å². The number of anilines is 1. The zero-order valence-electron chi connectivity index (χ0n) is 13.5. The molecule has 0 bridgehead atoms. The van der Waals surface area contributed by atoms with Gasteiger partial charge in [-0.3, -0.25) is 0 Å². The molecule has 0 unspecified atom stereocenters. The monoisotopic (exact) mass is 331 g/mol. The Kier molecular flexibility index (Phi) is 3.87. The Balaban J connectivity index is 1.92. The Morgan fingerprint density at radius 2 is 1.83 bits per heavy atom. The largest absolute Gasteiger partial charge is 0.365 e. The van der Waals surface area contributed by atoms with Crippen LogP contribution in [0.4, 0.5) is 5.69 Å². The molecule has 2 aromatic carbocycles. The fourth-order valence-corrected chi connectivity index (χ4v) is 3.97. The van der Waals surface area contributed by atoms with Crippen LogP contribution in [0, 0.1) is 11.3 Å². The number of para-hydroxylation sites is 1. The van der Waals surface area contributed by atoms with Gasteiger partial charge in [0, 0.05) is 18.5 Å². The fourth-order valence-electron chi connectivity index (χ4n) is 3.44. The van der Waals surface area contributed by atoms with E-state index in [1.165, 1.54) is 22.9 Å². The van der Waals surface area contributed by atoms with Crippen LogP contribution in [-0.4, -0.2) is 17.8 Å². The van der Waals surface area contributed by atoms with E-state index in [1.54, 1.807) is 0 Å². The van der Waals surface area contributed by atoms with Crippen LogP contribution in [0.25, 0.3) is 10.9 Å². The lowest BCUT2D eigenvalue weighted by Crippen LogP contribution is -2.31. The molecule has 0 saturated heterocycles. The predicted molar refractivity (Wildman–Crippen MR) is 99.4 cm³/mol. The number of benzene rings is 2. The van der Waals surface area contributed by atoms with Crippen molar-refractivity contribution in [3.63, 3.8) is 0 Å². The van der Waals surface area contributed by atoms with Gasteiger partial charge in [-0.25, -0.2) is 4.98 Å². The highest BCUT2D eigenvalue weighted by atomic mass is 32.2. The standard InChI is InChI=1S/C20H17N3S/c1-24-20-17(12-21)19(16-8-4-5-9-18(16)22-20)23-11-10-14-6-2-3-7-15(14)13-23/h2-9H,10-11,13H2,1H3. The van der Waals surface area contributed by atoms with Crippen LogP contribution in [0.2, 0.25) is 0 Å². The molecule has 0 N–H and O–H groups in total. The SMILES string of the molecule is CSc1nc2ccccc2c(N2CCc3ccccc3C2)c1C#N. The van der Waals surface area contributed by atoms with E-state index in [2.05, 4.69) is 46.3 Å². The third-order valence-electron chi connectivity index (χ3n) is 4.58. The molecule has 1 aromatic heterocycles. The lowest BCUT2D eigenvalue weighted by molar-refractivity contribution is 0.731. The van der Waals surface area contributed by atoms with Gasteiger partial charge in [0.1, 0.15) is 16.7 Å². The summed E-state index contributed by atoms with van der Waals surface area (Å²) in [5, 5.41) is 11.7. The molecule has 1 aliphatic heterocycles. The molecular formula is C20H17N3S. The highest BCUT2D eigenvalue weighted by Gasteiger charge is 2.23. The van der Waals surface area contributed by atoms with Crippen molar-refractivity contribution in [1.82, 2.24) is 4.98 Å². The Morgan fingerprint density at radius 1 is 1.08 bits per heavy atom. The lowest BCUT2D eigenvalue weighted by Gasteiger charge is -2.32. The Bertz CT molecular complexity index is 959. The van der Waals surface area contributed by atoms with Crippen molar-refractivity contribution >= 4 is 28.4 Å². The zero-order chi connectivity index (χ0) is 16.5. The molecule has 118 valence electrons. The van der Waals surface area contributed by atoms with E-state index in [1.807, 2.05) is 24.5 Å². The van der Waals surface area contributed by atoms with Gasteiger partial charge in [0.05, 0.1) is 11.2 Å². The summed E-state index contributed by atoms with van der Waals surface area (Å²) in [4.78, 5) is 7.02. The molecule has 0 spiro atoms. The minimum Gasteiger partial charge on any atom is -0.365 e. The fraction of sp³-hybridized carbons (Fsp3) is 0.200. The second-order valence-corrected chi connectivity index (χ2v) is 6.71. The summed E-state index contributed by atoms with van der Waals surface area (Å²) in [7, 11) is 0. The quantitative estimate of drug-likeness (QED) is 0.653. The zero-order valence-corrected chi connectivity index (χ0v) is 14.3. The van der Waals surface area contributed by atoms with Crippen LogP contribution in [0.1, 0.15) is 16.7 Å². The Morgan fingerprint density at radius 3 is 2.62 bits per heavy atom. The summed E-state index contributed by atoms with van der Waals surface area (Å²) in [5.74, 6) is 0. The molecule has 24 heavy (non-hydrogen) atoms. The normalized spacial score (nSPS) is 13.6. The summed E-state index contributed by atoms with van der Waals surface area (Å²) in [6.45, 7) is 1.76. The van der Waals surface area contributed by atoms with E-state index in [0.29, 0.717) is 5.56 Å². The van der Waals surface area contributed by atoms with Crippen LogP contribution in [0.3, 0.4) is 0 Å². The van der Waals surface area contributed by atoms with Gasteiger partial charge >= 0.3 is 0 Å². The number of nitriles is 1. The second kappa shape index (κ2) is 6.18. The first-order valence-corrected chi connectivity index (χ1v) is 9.23. The first kappa shape index (κ1) is 15.0. The minimum absolute atomic E-state index is 0.695. The summed E-state index contributed by atoms with van der Waals surface area (Å²) >= 11 is 1.54. The lowest BCUT2D eigenvalue weighted by atomic mass is 9.98. The van der Waals surface area contributed by atoms with Crippen molar-refractivity contribution in [2.45, 2.75) is 18.0 Å². The number of rotatable bonds is 2. The summed E-state index contributed by atoms with van der Waals surface area (Å²) in [5.41, 5.74) is 5.44. The van der Waals surface area contributed by atoms with E-state index in [-0.39, 0.29) is 0 Å². The maximum atomic E-state index is 9.79. The van der Waals surface area contributed by atoms with Crippen molar-refractivity contribution < 1.29 is 0 Å². The van der Waals surface area contributed by atoms with Crippen molar-refractivity contribution in [3.05, 3.63) is 65.2 Å². The maximum Gasteiger partial charge on any atom is 0.116 e. The molecule has 2 heterocycles. The van der Waals surface area contributed by atoms with E-state index >= 15 is 0 Å². The molecule has 0 atom stereocenters. The van der Waals surface area contributed by atoms with Crippen LogP contribution in [0.15, 0.2) is 53.6 Å². The number of pyridine rings is 1. The minimum atomic E-state index is 0.695. The number of thioether (sulfide) groups is 1. The van der Waals surface area contributed by atoms with Crippen LogP contribution in [-0.2, 0) is 13.0 Å². The average Bonchev–Trinajstić information content (AvgIpc) is 2.65. The number of hydrogen-bond acceptors (Lipinski definition) is 4. The molecule has 0 saturated carbocycles. The molecule has 3 nitrogen and oxygen atoms in total. The maximum absolute atomic E-state index is 9.79. The number of nitrogens with zero attached hydrogens (tertiary/aromatic N) is 3. The molecule has 4 heteroatoms. The Hall–Kier alpha value is -2.51. The van der Waals surface area contributed by atoms with Crippen LogP contribution < -0.4 is 4.90 Å². The smallest absolute Gasteiger partial charge is 0.116 e. The van der Waals surface area contributed by atoms with Crippen molar-refractivity contribution in [2.75, 3.05) is 17.7 Å². The topological polar surface area (TPSA) is 39.9 Å². The molecule has 0 aliphatic carbocycles. The van der Waals surface area contributed by atoms with Gasteiger partial charge in [-0.1, -0.05) is 42.5 Å². The summed E-state index contributed by atoms with van der Waals surface area (Å²) in [6.07, 6.45) is 2.99. The van der Waals surface area contributed by atoms with E-state index < -0.39 is 0 Å². The van der Waals surface area contributed by atoms with Gasteiger partial charge in [-0.05, 0) is 29.9 Å². The van der Waals surface area contributed by atoms with Gasteiger partial charge in [0.15, 0.2) is 0 Å². The Labute approximate surface area is 145 Å². The highest BCUT2D eigenvalue weighted by Crippen LogP contribution is 2.37. The van der Waals surface area contributed by atoms with Crippen molar-refractivity contribution in [1.29, 1.82) is 5.26 Å². The van der Waals surface area contributed by atoms with Gasteiger partial charge in [0.2, 0.25) is 0 Å². The molecule has 4 rings (SSSR count). The van der Waals surface area contributed by atoms with Crippen molar-refractivity contribution in [3.8, 4) is 6.07 Å². The average molecular weight is 331 g/mol. The summed E-state index contributed by atoms with van der Waals surface area (Å²) in [6, 6.07) is 19.1. The van der Waals surface area contributed by atoms with Crippen LogP contribution in [0.5, 0.6) is 0 Å². The third-order valence-corrected chi connectivity index (χ3v) is 5.27. The van der Waals surface area contributed by atoms with Gasteiger partial charge < -0.3 is 4.90 Å². The van der Waals surface area contributed by atoms with Gasteiger partial charge in [-0.15, -0.1) is 11.8 Å². The highest BCUT2D eigenvalue weighted by molar-refractivity contribution is 7.98. The molecular weight excluding hydrogens is 314 g/mol. The predicted octanol–water partition coefficient (Wildman–Crippen LogP) is 4.39. The van der Waals surface area contributed by atoms with Crippen molar-refractivity contribution in [2.24, 2.45) is 0 Å². The number of fused-ring (bicyclic) bond motifs is 2. The first-order valence-electron chi connectivity index (χ1n) is 8.00. The molecule has 3 aromatic rings. The number of hydrogen-bond donors (Lipinski definition) is 0. The molecule has 0 amide bonds. The molecule has 0 radical (unpaired) electrons. The van der Waals surface area contributed by atoms with E-state index in [9.17, 15) is 5.26 Å². The third kappa shape index (κ3) is 2.42. The van der Waals surface area contributed by atoms with Gasteiger partial charge in [-0.2, -0.15) is 5.26 Å². The first-order chi connectivity index (χ1) is 11.8. The second-order valence-electron chi connectivity index (χ2n) is 5.91. The van der Waals surface area contributed by atoms with Gasteiger partial charge in [0.25, 0.3) is 0 Å². The molecule has 0 fully saturated rings. The molecule has 1 aliphatic rings. The van der Waals surface area contributed by atoms with E-state index in [0.717, 1.165) is 41.1 Å².